The van der Waals surface area contributed by atoms with Gasteiger partial charge >= 0.3 is 5.97 Å². The van der Waals surface area contributed by atoms with Gasteiger partial charge in [-0.05, 0) is 50.0 Å². The number of carbonyl (C=O) groups is 2. The predicted octanol–water partition coefficient (Wildman–Crippen LogP) is 5.01. The fraction of sp³-hybridized carbons (Fsp3) is 0.680. The lowest BCUT2D eigenvalue weighted by atomic mass is 9.84. The number of allylic oxidation sites excluding steroid dienone is 3. The molecule has 5 nitrogen and oxygen atoms in total. The Morgan fingerprint density at radius 1 is 1.13 bits per heavy atom. The molecule has 2 aliphatic rings. The van der Waals surface area contributed by atoms with E-state index in [0.717, 1.165) is 45.1 Å². The fourth-order valence-corrected chi connectivity index (χ4v) is 4.61. The molecule has 0 aromatic rings. The fourth-order valence-electron chi connectivity index (χ4n) is 4.61. The summed E-state index contributed by atoms with van der Waals surface area (Å²) in [5, 5.41) is 19.1. The van der Waals surface area contributed by atoms with Crippen molar-refractivity contribution in [3.05, 3.63) is 36.5 Å². The lowest BCUT2D eigenvalue weighted by molar-refractivity contribution is -0.144. The Morgan fingerprint density at radius 3 is 2.53 bits per heavy atom. The third-order valence-electron chi connectivity index (χ3n) is 6.46. The number of carbonyl (C=O) groups excluding carboxylic acids is 1. The highest BCUT2D eigenvalue weighted by Gasteiger charge is 2.37. The van der Waals surface area contributed by atoms with Crippen LogP contribution >= 0.6 is 0 Å². The Balaban J connectivity index is 1.74. The lowest BCUT2D eigenvalue weighted by Gasteiger charge is -2.42. The number of carboxylic acids is 1. The van der Waals surface area contributed by atoms with Gasteiger partial charge in [0.2, 0.25) is 5.91 Å². The number of carboxylic acid groups (broad SMARTS) is 1. The summed E-state index contributed by atoms with van der Waals surface area (Å²) >= 11 is 0. The summed E-state index contributed by atoms with van der Waals surface area (Å²) in [6.45, 7) is 4.55. The predicted molar refractivity (Wildman–Crippen MR) is 120 cm³/mol. The van der Waals surface area contributed by atoms with Crippen molar-refractivity contribution in [2.24, 2.45) is 5.92 Å². The number of aliphatic hydroxyl groups is 1. The summed E-state index contributed by atoms with van der Waals surface area (Å²) in [6.07, 6.45) is 19.5. The molecule has 2 fully saturated rings. The van der Waals surface area contributed by atoms with Crippen LogP contribution in [-0.2, 0) is 9.59 Å². The average Bonchev–Trinajstić information content (AvgIpc) is 2.73. The Bertz CT molecular complexity index is 619. The molecule has 2 N–H and O–H groups in total. The molecule has 1 amide bonds. The average molecular weight is 418 g/mol. The van der Waals surface area contributed by atoms with E-state index in [-0.39, 0.29) is 24.5 Å². The Kier molecular flexibility index (Phi) is 10.9. The van der Waals surface area contributed by atoms with E-state index in [1.54, 1.807) is 6.08 Å². The SMILES string of the molecule is C=C/C=C(\C/C=C\CC(O)C1CCCCC1)[C@H]1CC(=O)N1CCCCCCC(=O)O. The van der Waals surface area contributed by atoms with Gasteiger partial charge in [0.1, 0.15) is 0 Å². The highest BCUT2D eigenvalue weighted by atomic mass is 16.4. The number of likely N-dealkylation sites (tertiary alicyclic amines) is 1. The normalized spacial score (nSPS) is 21.6. The van der Waals surface area contributed by atoms with Crippen LogP contribution in [0.1, 0.15) is 83.5 Å². The van der Waals surface area contributed by atoms with Gasteiger partial charge in [0.15, 0.2) is 0 Å². The first-order chi connectivity index (χ1) is 14.5. The van der Waals surface area contributed by atoms with Crippen LogP contribution in [0.15, 0.2) is 36.5 Å². The number of hydrogen-bond acceptors (Lipinski definition) is 3. The van der Waals surface area contributed by atoms with Crippen LogP contribution in [0.5, 0.6) is 0 Å². The first-order valence-electron chi connectivity index (χ1n) is 11.7. The van der Waals surface area contributed by atoms with Gasteiger partial charge in [0.05, 0.1) is 18.6 Å². The van der Waals surface area contributed by atoms with Crippen molar-refractivity contribution < 1.29 is 19.8 Å². The number of aliphatic hydroxyl groups excluding tert-OH is 1. The van der Waals surface area contributed by atoms with Crippen LogP contribution in [-0.4, -0.2) is 45.7 Å². The van der Waals surface area contributed by atoms with E-state index < -0.39 is 5.97 Å². The first kappa shape index (κ1) is 24.4. The molecule has 0 radical (unpaired) electrons. The molecule has 1 aliphatic heterocycles. The van der Waals surface area contributed by atoms with Crippen molar-refractivity contribution in [2.75, 3.05) is 6.54 Å². The van der Waals surface area contributed by atoms with Crippen LogP contribution in [0.4, 0.5) is 0 Å². The number of β-lactam (4-membered cyclic amide) rings is 1. The maximum absolute atomic E-state index is 12.1. The maximum Gasteiger partial charge on any atom is 0.303 e. The second-order valence-electron chi connectivity index (χ2n) is 8.72. The molecule has 0 aromatic carbocycles. The highest BCUT2D eigenvalue weighted by Crippen LogP contribution is 2.30. The molecular weight excluding hydrogens is 378 g/mol. The van der Waals surface area contributed by atoms with Gasteiger partial charge in [-0.25, -0.2) is 0 Å². The molecule has 1 heterocycles. The minimum atomic E-state index is -0.744. The summed E-state index contributed by atoms with van der Waals surface area (Å²) < 4.78 is 0. The van der Waals surface area contributed by atoms with Crippen molar-refractivity contribution in [1.29, 1.82) is 0 Å². The highest BCUT2D eigenvalue weighted by molar-refractivity contribution is 5.84. The van der Waals surface area contributed by atoms with Crippen LogP contribution in [0, 0.1) is 5.92 Å². The van der Waals surface area contributed by atoms with Crippen LogP contribution in [0.2, 0.25) is 0 Å². The molecule has 1 saturated carbocycles. The number of unbranched alkanes of at least 4 members (excludes halogenated alkanes) is 3. The summed E-state index contributed by atoms with van der Waals surface area (Å²) in [5.74, 6) is -0.106. The standard InChI is InChI=1S/C25H39NO4/c1-2-12-20(13-9-10-16-23(27)21-14-6-5-7-15-21)22-19-24(28)26(22)18-11-4-3-8-17-25(29)30/h2,9-10,12,21-23,27H,1,3-8,11,13-19H2,(H,29,30)/b10-9-,20-12+/t22-,23?/m1/s1. The van der Waals surface area contributed by atoms with E-state index in [4.69, 9.17) is 5.11 Å². The molecule has 30 heavy (non-hydrogen) atoms. The summed E-state index contributed by atoms with van der Waals surface area (Å²) in [5.41, 5.74) is 1.19. The van der Waals surface area contributed by atoms with Crippen molar-refractivity contribution in [3.8, 4) is 0 Å². The van der Waals surface area contributed by atoms with Gasteiger partial charge in [-0.15, -0.1) is 0 Å². The van der Waals surface area contributed by atoms with E-state index in [1.165, 1.54) is 24.8 Å². The third-order valence-corrected chi connectivity index (χ3v) is 6.46. The first-order valence-corrected chi connectivity index (χ1v) is 11.7. The van der Waals surface area contributed by atoms with E-state index in [9.17, 15) is 14.7 Å². The van der Waals surface area contributed by atoms with Crippen LogP contribution in [0.25, 0.3) is 0 Å². The van der Waals surface area contributed by atoms with Crippen molar-refractivity contribution >= 4 is 11.9 Å². The van der Waals surface area contributed by atoms with Crippen molar-refractivity contribution in [1.82, 2.24) is 4.90 Å². The Labute approximate surface area is 181 Å². The quantitative estimate of drug-likeness (QED) is 0.180. The van der Waals surface area contributed by atoms with E-state index in [1.807, 2.05) is 11.0 Å². The Hall–Kier alpha value is -1.88. The van der Waals surface area contributed by atoms with Gasteiger partial charge < -0.3 is 15.1 Å². The smallest absolute Gasteiger partial charge is 0.303 e. The van der Waals surface area contributed by atoms with Crippen molar-refractivity contribution in [3.63, 3.8) is 0 Å². The zero-order chi connectivity index (χ0) is 21.8. The number of amides is 1. The monoisotopic (exact) mass is 417 g/mol. The number of nitrogens with zero attached hydrogens (tertiary/aromatic N) is 1. The van der Waals surface area contributed by atoms with E-state index in [0.29, 0.717) is 25.2 Å². The number of aliphatic carboxylic acids is 1. The van der Waals surface area contributed by atoms with Gasteiger partial charge in [-0.1, -0.05) is 63.0 Å². The van der Waals surface area contributed by atoms with Gasteiger partial charge in [-0.2, -0.15) is 0 Å². The van der Waals surface area contributed by atoms with Gasteiger partial charge in [-0.3, -0.25) is 9.59 Å². The minimum Gasteiger partial charge on any atom is -0.481 e. The largest absolute Gasteiger partial charge is 0.481 e. The van der Waals surface area contributed by atoms with Crippen LogP contribution < -0.4 is 0 Å². The summed E-state index contributed by atoms with van der Waals surface area (Å²) in [6, 6.07) is 0.141. The molecule has 1 unspecified atom stereocenters. The zero-order valence-corrected chi connectivity index (χ0v) is 18.3. The lowest BCUT2D eigenvalue weighted by Crippen LogP contribution is -2.53. The molecule has 1 saturated heterocycles. The van der Waals surface area contributed by atoms with Crippen molar-refractivity contribution in [2.45, 2.75) is 95.6 Å². The number of hydrogen-bond donors (Lipinski definition) is 2. The summed E-state index contributed by atoms with van der Waals surface area (Å²) in [4.78, 5) is 24.6. The molecule has 168 valence electrons. The zero-order valence-electron chi connectivity index (χ0n) is 18.3. The second kappa shape index (κ2) is 13.4. The second-order valence-corrected chi connectivity index (χ2v) is 8.72. The molecule has 2 rings (SSSR count). The molecule has 1 aliphatic carbocycles. The molecular formula is C25H39NO4. The minimum absolute atomic E-state index is 0.141. The van der Waals surface area contributed by atoms with E-state index >= 15 is 0 Å². The topological polar surface area (TPSA) is 77.8 Å². The molecule has 0 aromatic heterocycles. The van der Waals surface area contributed by atoms with Gasteiger partial charge in [0.25, 0.3) is 0 Å². The molecule has 0 bridgehead atoms. The van der Waals surface area contributed by atoms with Crippen LogP contribution in [0.3, 0.4) is 0 Å². The molecule has 2 atom stereocenters. The molecule has 5 heteroatoms. The summed E-state index contributed by atoms with van der Waals surface area (Å²) in [7, 11) is 0. The molecule has 0 spiro atoms. The maximum atomic E-state index is 12.1. The third kappa shape index (κ3) is 8.10. The van der Waals surface area contributed by atoms with E-state index in [2.05, 4.69) is 18.7 Å². The Morgan fingerprint density at radius 2 is 1.87 bits per heavy atom. The van der Waals surface area contributed by atoms with Gasteiger partial charge in [0, 0.05) is 13.0 Å². The number of rotatable bonds is 14.